The summed E-state index contributed by atoms with van der Waals surface area (Å²) < 4.78 is 15.8. The molecule has 0 atom stereocenters. The fourth-order valence-corrected chi connectivity index (χ4v) is 7.34. The van der Waals surface area contributed by atoms with Gasteiger partial charge in [-0.15, -0.1) is 0 Å². The fraction of sp³-hybridized carbons (Fsp3) is 0. The SMILES string of the molecule is c1ccc(-c2ccc3c(c2)OB2c4ccc(-c5ccc(-n6c7ccccc7c7ccccc76)cc5)cc4Oc4cccc-3c42)cc1. The number of rotatable bonds is 3. The fourth-order valence-electron chi connectivity index (χ4n) is 7.34. The van der Waals surface area contributed by atoms with Crippen LogP contribution in [0.4, 0.5) is 0 Å². The van der Waals surface area contributed by atoms with Gasteiger partial charge in [-0.25, -0.2) is 0 Å². The molecule has 8 aromatic rings. The van der Waals surface area contributed by atoms with Crippen LogP contribution in [-0.2, 0) is 0 Å². The highest BCUT2D eigenvalue weighted by atomic mass is 16.5. The average Bonchev–Trinajstić information content (AvgIpc) is 3.46. The molecule has 0 aliphatic carbocycles. The summed E-state index contributed by atoms with van der Waals surface area (Å²) in [6.07, 6.45) is 0. The minimum atomic E-state index is -0.236. The van der Waals surface area contributed by atoms with Crippen molar-refractivity contribution in [2.45, 2.75) is 0 Å². The summed E-state index contributed by atoms with van der Waals surface area (Å²) in [5, 5.41) is 2.53. The molecule has 0 fully saturated rings. The molecular weight excluding hydrogens is 561 g/mol. The van der Waals surface area contributed by atoms with Crippen LogP contribution < -0.4 is 20.3 Å². The maximum Gasteiger partial charge on any atom is 0.434 e. The molecule has 0 bridgehead atoms. The van der Waals surface area contributed by atoms with Gasteiger partial charge in [0.2, 0.25) is 0 Å². The van der Waals surface area contributed by atoms with E-state index in [4.69, 9.17) is 9.39 Å². The van der Waals surface area contributed by atoms with Crippen LogP contribution in [0.15, 0.2) is 158 Å². The number of aromatic nitrogens is 1. The van der Waals surface area contributed by atoms with Gasteiger partial charge in [-0.2, -0.15) is 0 Å². The van der Waals surface area contributed by atoms with Gasteiger partial charge in [0.25, 0.3) is 0 Å². The Morgan fingerprint density at radius 3 is 1.83 bits per heavy atom. The zero-order valence-corrected chi connectivity index (χ0v) is 24.9. The van der Waals surface area contributed by atoms with E-state index in [9.17, 15) is 0 Å². The Labute approximate surface area is 267 Å². The van der Waals surface area contributed by atoms with Crippen molar-refractivity contribution >= 4 is 39.6 Å². The number of hydrogen-bond donors (Lipinski definition) is 0. The van der Waals surface area contributed by atoms with Gasteiger partial charge < -0.3 is 14.0 Å². The van der Waals surface area contributed by atoms with Gasteiger partial charge in [0.05, 0.1) is 11.0 Å². The quantitative estimate of drug-likeness (QED) is 0.192. The second-order valence-corrected chi connectivity index (χ2v) is 12.1. The van der Waals surface area contributed by atoms with Crippen LogP contribution in [0, 0.1) is 0 Å². The van der Waals surface area contributed by atoms with Crippen LogP contribution in [-0.4, -0.2) is 11.5 Å². The van der Waals surface area contributed by atoms with Gasteiger partial charge >= 0.3 is 6.92 Å². The first-order valence-electron chi connectivity index (χ1n) is 15.7. The normalized spacial score (nSPS) is 12.7. The van der Waals surface area contributed by atoms with Crippen molar-refractivity contribution in [2.75, 3.05) is 0 Å². The summed E-state index contributed by atoms with van der Waals surface area (Å²) in [7, 11) is 0. The van der Waals surface area contributed by atoms with Crippen LogP contribution in [0.1, 0.15) is 0 Å². The summed E-state index contributed by atoms with van der Waals surface area (Å²) in [6, 6.07) is 55.8. The molecule has 0 N–H and O–H groups in total. The van der Waals surface area contributed by atoms with Gasteiger partial charge in [0.15, 0.2) is 0 Å². The third-order valence-electron chi connectivity index (χ3n) is 9.51. The third kappa shape index (κ3) is 3.74. The van der Waals surface area contributed by atoms with E-state index in [0.717, 1.165) is 56.1 Å². The Morgan fingerprint density at radius 2 is 1.07 bits per heavy atom. The van der Waals surface area contributed by atoms with E-state index >= 15 is 0 Å². The van der Waals surface area contributed by atoms with Crippen molar-refractivity contribution in [3.63, 3.8) is 0 Å². The molecule has 0 saturated carbocycles. The summed E-state index contributed by atoms with van der Waals surface area (Å²) in [6.45, 7) is -0.236. The highest BCUT2D eigenvalue weighted by Gasteiger charge is 2.40. The minimum Gasteiger partial charge on any atom is -0.551 e. The van der Waals surface area contributed by atoms with Gasteiger partial charge in [-0.3, -0.25) is 0 Å². The molecule has 0 radical (unpaired) electrons. The molecule has 7 aromatic carbocycles. The molecule has 10 rings (SSSR count). The second kappa shape index (κ2) is 9.75. The second-order valence-electron chi connectivity index (χ2n) is 12.1. The van der Waals surface area contributed by atoms with Gasteiger partial charge in [-0.05, 0) is 70.3 Å². The van der Waals surface area contributed by atoms with Crippen LogP contribution in [0.3, 0.4) is 0 Å². The van der Waals surface area contributed by atoms with E-state index in [0.29, 0.717) is 0 Å². The first-order valence-corrected chi connectivity index (χ1v) is 15.7. The highest BCUT2D eigenvalue weighted by Crippen LogP contribution is 2.41. The van der Waals surface area contributed by atoms with E-state index < -0.39 is 0 Å². The molecule has 2 aliphatic rings. The molecule has 3 heterocycles. The predicted molar refractivity (Wildman–Crippen MR) is 189 cm³/mol. The number of nitrogens with zero attached hydrogens (tertiary/aromatic N) is 1. The van der Waals surface area contributed by atoms with Gasteiger partial charge in [0, 0.05) is 32.9 Å². The largest absolute Gasteiger partial charge is 0.551 e. The monoisotopic (exact) mass is 587 g/mol. The summed E-state index contributed by atoms with van der Waals surface area (Å²) in [5.41, 5.74) is 12.5. The lowest BCUT2D eigenvalue weighted by atomic mass is 9.51. The Kier molecular flexibility index (Phi) is 5.37. The number of hydrogen-bond acceptors (Lipinski definition) is 2. The molecule has 2 aliphatic heterocycles. The van der Waals surface area contributed by atoms with Gasteiger partial charge in [-0.1, -0.05) is 115 Å². The molecule has 3 nitrogen and oxygen atoms in total. The Morgan fingerprint density at radius 1 is 0.435 bits per heavy atom. The molecule has 0 saturated heterocycles. The molecule has 0 amide bonds. The lowest BCUT2D eigenvalue weighted by Gasteiger charge is -2.33. The topological polar surface area (TPSA) is 23.4 Å². The summed E-state index contributed by atoms with van der Waals surface area (Å²) >= 11 is 0. The van der Waals surface area contributed by atoms with E-state index in [-0.39, 0.29) is 6.92 Å². The zero-order valence-electron chi connectivity index (χ0n) is 24.9. The minimum absolute atomic E-state index is 0.236. The van der Waals surface area contributed by atoms with Crippen LogP contribution >= 0.6 is 0 Å². The van der Waals surface area contributed by atoms with E-state index in [1.54, 1.807) is 0 Å². The van der Waals surface area contributed by atoms with Crippen LogP contribution in [0.25, 0.3) is 60.9 Å². The van der Waals surface area contributed by atoms with Crippen LogP contribution in [0.5, 0.6) is 17.2 Å². The van der Waals surface area contributed by atoms with E-state index in [1.807, 2.05) is 6.07 Å². The Balaban J connectivity index is 1.03. The molecule has 4 heteroatoms. The van der Waals surface area contributed by atoms with Crippen molar-refractivity contribution in [1.29, 1.82) is 0 Å². The first kappa shape index (κ1) is 25.3. The predicted octanol–water partition coefficient (Wildman–Crippen LogP) is 9.39. The first-order chi connectivity index (χ1) is 22.8. The van der Waals surface area contributed by atoms with Gasteiger partial charge in [0.1, 0.15) is 17.2 Å². The van der Waals surface area contributed by atoms with E-state index in [2.05, 4.69) is 156 Å². The third-order valence-corrected chi connectivity index (χ3v) is 9.51. The number of ether oxygens (including phenoxy) is 1. The lowest BCUT2D eigenvalue weighted by molar-refractivity contribution is 0.479. The number of fused-ring (bicyclic) bond motifs is 7. The standard InChI is InChI=1S/C42H26BNO2/c1-2-9-27(10-3-1)29-19-23-34-35-13-8-16-39-42(35)43(46-40(34)25-29)36-24-20-30(26-41(36)45-39)28-17-21-31(22-18-28)44-37-14-6-4-11-32(37)33-12-5-7-15-38(33)44/h1-26H. The van der Waals surface area contributed by atoms with E-state index in [1.165, 1.54) is 32.9 Å². The lowest BCUT2D eigenvalue weighted by Crippen LogP contribution is -2.53. The van der Waals surface area contributed by atoms with Crippen molar-refractivity contribution < 1.29 is 9.39 Å². The summed E-state index contributed by atoms with van der Waals surface area (Å²) in [5.74, 6) is 2.58. The smallest absolute Gasteiger partial charge is 0.434 e. The molecule has 1 aromatic heterocycles. The molecule has 0 unspecified atom stereocenters. The van der Waals surface area contributed by atoms with Crippen molar-refractivity contribution in [3.05, 3.63) is 158 Å². The highest BCUT2D eigenvalue weighted by molar-refractivity contribution is 6.84. The van der Waals surface area contributed by atoms with Crippen molar-refractivity contribution in [2.24, 2.45) is 0 Å². The maximum absolute atomic E-state index is 6.82. The number of benzene rings is 7. The number of para-hydroxylation sites is 2. The molecule has 214 valence electrons. The zero-order chi connectivity index (χ0) is 30.2. The van der Waals surface area contributed by atoms with Crippen molar-refractivity contribution in [1.82, 2.24) is 4.57 Å². The maximum atomic E-state index is 6.82. The summed E-state index contributed by atoms with van der Waals surface area (Å²) in [4.78, 5) is 0. The Hall–Kier alpha value is -6.00. The molecule has 0 spiro atoms. The van der Waals surface area contributed by atoms with Crippen molar-refractivity contribution in [3.8, 4) is 56.3 Å². The average molecular weight is 587 g/mol. The van der Waals surface area contributed by atoms with Crippen LogP contribution in [0.2, 0.25) is 0 Å². The Bertz CT molecular complexity index is 2430. The molecule has 46 heavy (non-hydrogen) atoms. The molecular formula is C42H26BNO2.